The fourth-order valence-corrected chi connectivity index (χ4v) is 1.88. The normalized spacial score (nSPS) is 13.4. The number of ether oxygens (including phenoxy) is 3. The lowest BCUT2D eigenvalue weighted by Gasteiger charge is -2.21. The number of amides is 1. The van der Waals surface area contributed by atoms with Crippen molar-refractivity contribution in [2.75, 3.05) is 39.2 Å². The van der Waals surface area contributed by atoms with E-state index in [1.807, 2.05) is 12.1 Å². The van der Waals surface area contributed by atoms with Crippen LogP contribution in [-0.4, -0.2) is 46.1 Å². The van der Waals surface area contributed by atoms with Gasteiger partial charge in [0.05, 0.1) is 17.8 Å². The van der Waals surface area contributed by atoms with Gasteiger partial charge < -0.3 is 24.8 Å². The summed E-state index contributed by atoms with van der Waals surface area (Å²) in [5, 5.41) is 5.95. The van der Waals surface area contributed by atoms with E-state index in [0.717, 1.165) is 12.2 Å². The van der Waals surface area contributed by atoms with Crippen LogP contribution in [0.3, 0.4) is 0 Å². The summed E-state index contributed by atoms with van der Waals surface area (Å²) in [7, 11) is 3.05. The average Bonchev–Trinajstić information content (AvgIpc) is 2.47. The van der Waals surface area contributed by atoms with Crippen molar-refractivity contribution in [3.63, 3.8) is 0 Å². The number of rotatable bonds is 5. The van der Waals surface area contributed by atoms with Crippen LogP contribution in [0.15, 0.2) is 18.2 Å². The molecule has 19 heavy (non-hydrogen) atoms. The first-order chi connectivity index (χ1) is 9.26. The van der Waals surface area contributed by atoms with Crippen molar-refractivity contribution in [2.45, 2.75) is 6.29 Å². The van der Waals surface area contributed by atoms with Gasteiger partial charge in [-0.15, -0.1) is 0 Å². The third-order valence-electron chi connectivity index (χ3n) is 2.88. The van der Waals surface area contributed by atoms with Gasteiger partial charge in [-0.05, 0) is 12.1 Å². The van der Waals surface area contributed by atoms with E-state index < -0.39 is 6.29 Å². The first-order valence-electron chi connectivity index (χ1n) is 6.09. The van der Waals surface area contributed by atoms with E-state index in [4.69, 9.17) is 14.2 Å². The molecule has 2 rings (SSSR count). The minimum atomic E-state index is -0.456. The molecule has 1 amide bonds. The van der Waals surface area contributed by atoms with Crippen LogP contribution in [0.1, 0.15) is 10.4 Å². The Morgan fingerprint density at radius 2 is 2.26 bits per heavy atom. The average molecular weight is 266 g/mol. The van der Waals surface area contributed by atoms with Crippen molar-refractivity contribution in [1.82, 2.24) is 5.32 Å². The van der Waals surface area contributed by atoms with Crippen molar-refractivity contribution in [2.24, 2.45) is 0 Å². The Labute approximate surface area is 112 Å². The van der Waals surface area contributed by atoms with Gasteiger partial charge in [-0.2, -0.15) is 0 Å². The Hall–Kier alpha value is -1.79. The van der Waals surface area contributed by atoms with Crippen molar-refractivity contribution in [1.29, 1.82) is 0 Å². The molecule has 2 N–H and O–H groups in total. The summed E-state index contributed by atoms with van der Waals surface area (Å²) >= 11 is 0. The smallest absolute Gasteiger partial charge is 0.255 e. The number of para-hydroxylation sites is 1. The van der Waals surface area contributed by atoms with Crippen LogP contribution in [-0.2, 0) is 9.47 Å². The molecule has 0 saturated heterocycles. The minimum absolute atomic E-state index is 0.209. The van der Waals surface area contributed by atoms with Crippen LogP contribution in [0.4, 0.5) is 5.69 Å². The van der Waals surface area contributed by atoms with E-state index in [1.165, 1.54) is 14.2 Å². The van der Waals surface area contributed by atoms with Gasteiger partial charge in [-0.1, -0.05) is 6.07 Å². The van der Waals surface area contributed by atoms with Crippen molar-refractivity contribution >= 4 is 11.6 Å². The van der Waals surface area contributed by atoms with Gasteiger partial charge in [0, 0.05) is 20.8 Å². The van der Waals surface area contributed by atoms with E-state index in [-0.39, 0.29) is 12.5 Å². The maximum absolute atomic E-state index is 12.1. The van der Waals surface area contributed by atoms with Crippen LogP contribution in [0.5, 0.6) is 5.75 Å². The molecular weight excluding hydrogens is 248 g/mol. The van der Waals surface area contributed by atoms with Crippen LogP contribution < -0.4 is 15.4 Å². The topological polar surface area (TPSA) is 68.8 Å². The summed E-state index contributed by atoms with van der Waals surface area (Å²) < 4.78 is 15.6. The highest BCUT2D eigenvalue weighted by molar-refractivity contribution is 5.98. The Balaban J connectivity index is 2.07. The first-order valence-corrected chi connectivity index (χ1v) is 6.09. The molecule has 104 valence electrons. The molecule has 0 radical (unpaired) electrons. The molecule has 0 fully saturated rings. The maximum atomic E-state index is 12.1. The number of carbonyl (C=O) groups excluding carboxylic acids is 1. The van der Waals surface area contributed by atoms with Gasteiger partial charge in [0.2, 0.25) is 0 Å². The first kappa shape index (κ1) is 13.6. The zero-order valence-corrected chi connectivity index (χ0v) is 11.1. The molecule has 0 spiro atoms. The fourth-order valence-electron chi connectivity index (χ4n) is 1.88. The highest BCUT2D eigenvalue weighted by atomic mass is 16.7. The summed E-state index contributed by atoms with van der Waals surface area (Å²) in [6.07, 6.45) is -0.456. The second kappa shape index (κ2) is 6.40. The number of fused-ring (bicyclic) bond motifs is 1. The second-order valence-corrected chi connectivity index (χ2v) is 4.07. The van der Waals surface area contributed by atoms with Crippen molar-refractivity contribution in [3.8, 4) is 5.75 Å². The molecule has 1 aliphatic heterocycles. The molecular formula is C13H18N2O4. The predicted octanol–water partition coefficient (Wildman–Crippen LogP) is 0.840. The number of benzene rings is 1. The van der Waals surface area contributed by atoms with Crippen LogP contribution in [0, 0.1) is 0 Å². The van der Waals surface area contributed by atoms with E-state index in [2.05, 4.69) is 10.6 Å². The van der Waals surface area contributed by atoms with Gasteiger partial charge in [0.1, 0.15) is 6.61 Å². The molecule has 1 aliphatic rings. The molecule has 0 unspecified atom stereocenters. The molecule has 1 aromatic carbocycles. The molecule has 0 saturated carbocycles. The molecule has 6 nitrogen and oxygen atoms in total. The molecule has 1 aromatic rings. The third-order valence-corrected chi connectivity index (χ3v) is 2.88. The summed E-state index contributed by atoms with van der Waals surface area (Å²) in [5.41, 5.74) is 1.35. The van der Waals surface area contributed by atoms with Crippen LogP contribution in [0.2, 0.25) is 0 Å². The number of nitrogens with one attached hydrogen (secondary N) is 2. The lowest BCUT2D eigenvalue weighted by molar-refractivity contribution is -0.0974. The number of methoxy groups -OCH3 is 2. The second-order valence-electron chi connectivity index (χ2n) is 4.07. The molecule has 0 bridgehead atoms. The quantitative estimate of drug-likeness (QED) is 0.773. The molecule has 0 aliphatic carbocycles. The van der Waals surface area contributed by atoms with Crippen molar-refractivity contribution < 1.29 is 19.0 Å². The minimum Gasteiger partial charge on any atom is -0.489 e. The zero-order chi connectivity index (χ0) is 13.7. The van der Waals surface area contributed by atoms with Gasteiger partial charge >= 0.3 is 0 Å². The highest BCUT2D eigenvalue weighted by Crippen LogP contribution is 2.30. The Bertz CT molecular complexity index is 446. The monoisotopic (exact) mass is 266 g/mol. The standard InChI is InChI=1S/C13H18N2O4/c1-17-11(18-2)8-15-13(16)9-4-3-5-10-12(9)19-7-6-14-10/h3-5,11,14H,6-8H2,1-2H3,(H,15,16). The summed E-state index contributed by atoms with van der Waals surface area (Å²) in [6, 6.07) is 5.44. The lowest BCUT2D eigenvalue weighted by atomic mass is 10.1. The number of carbonyl (C=O) groups is 1. The van der Waals surface area contributed by atoms with Crippen molar-refractivity contribution in [3.05, 3.63) is 23.8 Å². The largest absolute Gasteiger partial charge is 0.489 e. The number of hydrogen-bond acceptors (Lipinski definition) is 5. The molecule has 0 atom stereocenters. The van der Waals surface area contributed by atoms with Crippen LogP contribution in [0.25, 0.3) is 0 Å². The number of anilines is 1. The van der Waals surface area contributed by atoms with Gasteiger partial charge in [0.15, 0.2) is 12.0 Å². The summed E-state index contributed by atoms with van der Waals surface area (Å²) in [4.78, 5) is 12.1. The maximum Gasteiger partial charge on any atom is 0.255 e. The molecule has 6 heteroatoms. The molecule has 0 aromatic heterocycles. The Kier molecular flexibility index (Phi) is 4.59. The Morgan fingerprint density at radius 1 is 1.47 bits per heavy atom. The van der Waals surface area contributed by atoms with E-state index >= 15 is 0 Å². The third kappa shape index (κ3) is 3.15. The van der Waals surface area contributed by atoms with Crippen LogP contribution >= 0.6 is 0 Å². The van der Waals surface area contributed by atoms with E-state index in [1.54, 1.807) is 6.07 Å². The van der Waals surface area contributed by atoms with E-state index in [9.17, 15) is 4.79 Å². The van der Waals surface area contributed by atoms with Gasteiger partial charge in [0.25, 0.3) is 5.91 Å². The SMILES string of the molecule is COC(CNC(=O)c1cccc2c1OCCN2)OC. The summed E-state index contributed by atoms with van der Waals surface area (Å²) in [5.74, 6) is 0.386. The fraction of sp³-hybridized carbons (Fsp3) is 0.462. The van der Waals surface area contributed by atoms with Gasteiger partial charge in [-0.25, -0.2) is 0 Å². The van der Waals surface area contributed by atoms with Gasteiger partial charge in [-0.3, -0.25) is 4.79 Å². The summed E-state index contributed by atoms with van der Waals surface area (Å²) in [6.45, 7) is 1.58. The molecule has 1 heterocycles. The lowest BCUT2D eigenvalue weighted by Crippen LogP contribution is -2.34. The number of hydrogen-bond donors (Lipinski definition) is 2. The zero-order valence-electron chi connectivity index (χ0n) is 11.1. The Morgan fingerprint density at radius 3 is 3.00 bits per heavy atom. The van der Waals surface area contributed by atoms with E-state index in [0.29, 0.717) is 17.9 Å². The highest BCUT2D eigenvalue weighted by Gasteiger charge is 2.19. The predicted molar refractivity (Wildman–Crippen MR) is 70.6 cm³/mol.